The van der Waals surface area contributed by atoms with E-state index in [1.807, 2.05) is 0 Å². The molecule has 0 radical (unpaired) electrons. The van der Waals surface area contributed by atoms with Crippen LogP contribution in [0, 0.1) is 0 Å². The first-order valence-electron chi connectivity index (χ1n) is 6.68. The summed E-state index contributed by atoms with van der Waals surface area (Å²) >= 11 is 0. The minimum atomic E-state index is -4.16. The SMILES string of the molecule is O=C(O)CCCCCCCc1ccccc1S(=O)(=O)O.[NaH]. The molecule has 7 heteroatoms. The Morgan fingerprint density at radius 2 is 1.57 bits per heavy atom. The number of rotatable bonds is 9. The van der Waals surface area contributed by atoms with Gasteiger partial charge in [0, 0.05) is 6.42 Å². The zero-order valence-corrected chi connectivity index (χ0v) is 12.1. The molecule has 1 aromatic rings. The number of unbranched alkanes of at least 4 members (excludes halogenated alkanes) is 4. The molecule has 5 nitrogen and oxygen atoms in total. The van der Waals surface area contributed by atoms with Crippen LogP contribution in [-0.2, 0) is 21.3 Å². The van der Waals surface area contributed by atoms with E-state index in [9.17, 15) is 13.2 Å². The summed E-state index contributed by atoms with van der Waals surface area (Å²) in [5, 5.41) is 8.49. The van der Waals surface area contributed by atoms with E-state index < -0.39 is 16.1 Å². The molecular formula is C14H21NaO5S. The van der Waals surface area contributed by atoms with E-state index in [-0.39, 0.29) is 40.9 Å². The topological polar surface area (TPSA) is 91.7 Å². The van der Waals surface area contributed by atoms with Crippen LogP contribution in [0.4, 0.5) is 0 Å². The van der Waals surface area contributed by atoms with Crippen LogP contribution in [0.15, 0.2) is 29.2 Å². The van der Waals surface area contributed by atoms with Gasteiger partial charge in [-0.3, -0.25) is 9.35 Å². The normalized spacial score (nSPS) is 10.9. The molecule has 0 aliphatic rings. The molecular weight excluding hydrogens is 303 g/mol. The standard InChI is InChI=1S/C14H20O5S.Na.H/c15-14(16)11-5-3-1-2-4-8-12-9-6-7-10-13(12)20(17,18)19;;/h6-7,9-10H,1-5,8,11H2,(H,15,16)(H,17,18,19);;. The molecule has 0 unspecified atom stereocenters. The average Bonchev–Trinajstić information content (AvgIpc) is 2.36. The molecule has 0 heterocycles. The molecule has 0 aliphatic heterocycles. The van der Waals surface area contributed by atoms with Crippen LogP contribution >= 0.6 is 0 Å². The van der Waals surface area contributed by atoms with E-state index in [4.69, 9.17) is 9.66 Å². The predicted octanol–water partition coefficient (Wildman–Crippen LogP) is 2.25. The molecule has 114 valence electrons. The van der Waals surface area contributed by atoms with Crippen LogP contribution in [0.25, 0.3) is 0 Å². The van der Waals surface area contributed by atoms with Gasteiger partial charge in [-0.05, 0) is 30.9 Å². The van der Waals surface area contributed by atoms with E-state index in [2.05, 4.69) is 0 Å². The van der Waals surface area contributed by atoms with Crippen LogP contribution < -0.4 is 0 Å². The molecule has 0 atom stereocenters. The van der Waals surface area contributed by atoms with Gasteiger partial charge in [-0.1, -0.05) is 37.5 Å². The summed E-state index contributed by atoms with van der Waals surface area (Å²) in [5.41, 5.74) is 0.625. The fourth-order valence-corrected chi connectivity index (χ4v) is 2.84. The number of carbonyl (C=O) groups is 1. The molecule has 2 N–H and O–H groups in total. The molecule has 0 aliphatic carbocycles. The molecule has 1 aromatic carbocycles. The molecule has 0 bridgehead atoms. The van der Waals surface area contributed by atoms with Crippen molar-refractivity contribution in [1.29, 1.82) is 0 Å². The fourth-order valence-electron chi connectivity index (χ4n) is 2.08. The van der Waals surface area contributed by atoms with Crippen molar-refractivity contribution in [2.24, 2.45) is 0 Å². The third-order valence-corrected chi connectivity index (χ3v) is 4.04. The van der Waals surface area contributed by atoms with Crippen molar-refractivity contribution in [1.82, 2.24) is 0 Å². The molecule has 0 aromatic heterocycles. The van der Waals surface area contributed by atoms with Crippen LogP contribution in [0.2, 0.25) is 0 Å². The summed E-state index contributed by atoms with van der Waals surface area (Å²) in [6, 6.07) is 6.43. The second kappa shape index (κ2) is 10.3. The molecule has 0 spiro atoms. The first-order chi connectivity index (χ1) is 9.41. The maximum absolute atomic E-state index is 11.2. The predicted molar refractivity (Wildman–Crippen MR) is 82.4 cm³/mol. The number of aliphatic carboxylic acids is 1. The third-order valence-electron chi connectivity index (χ3n) is 3.09. The van der Waals surface area contributed by atoms with Crippen molar-refractivity contribution in [2.75, 3.05) is 0 Å². The molecule has 0 saturated heterocycles. The monoisotopic (exact) mass is 324 g/mol. The average molecular weight is 324 g/mol. The van der Waals surface area contributed by atoms with Gasteiger partial charge < -0.3 is 5.11 Å². The Bertz CT molecular complexity index is 542. The molecule has 0 fully saturated rings. The fraction of sp³-hybridized carbons (Fsp3) is 0.500. The van der Waals surface area contributed by atoms with Crippen LogP contribution in [-0.4, -0.2) is 53.6 Å². The summed E-state index contributed by atoms with van der Waals surface area (Å²) in [6.45, 7) is 0. The van der Waals surface area contributed by atoms with Crippen LogP contribution in [0.5, 0.6) is 0 Å². The van der Waals surface area contributed by atoms with E-state index in [1.165, 1.54) is 6.07 Å². The van der Waals surface area contributed by atoms with Crippen molar-refractivity contribution in [2.45, 2.75) is 49.8 Å². The van der Waals surface area contributed by atoms with Gasteiger partial charge in [0.2, 0.25) is 0 Å². The van der Waals surface area contributed by atoms with E-state index >= 15 is 0 Å². The number of carboxylic acids is 1. The van der Waals surface area contributed by atoms with E-state index in [0.29, 0.717) is 18.4 Å². The number of aryl methyl sites for hydroxylation is 1. The molecule has 0 saturated carbocycles. The minimum absolute atomic E-state index is 0. The Labute approximate surface area is 147 Å². The second-order valence-electron chi connectivity index (χ2n) is 4.74. The summed E-state index contributed by atoms with van der Waals surface area (Å²) in [6.07, 6.45) is 5.00. The first-order valence-corrected chi connectivity index (χ1v) is 8.12. The number of carboxylic acid groups (broad SMARTS) is 1. The van der Waals surface area contributed by atoms with Gasteiger partial charge in [-0.15, -0.1) is 0 Å². The van der Waals surface area contributed by atoms with Crippen molar-refractivity contribution in [3.8, 4) is 0 Å². The summed E-state index contributed by atoms with van der Waals surface area (Å²) < 4.78 is 31.5. The van der Waals surface area contributed by atoms with Gasteiger partial charge in [0.1, 0.15) is 0 Å². The molecule has 21 heavy (non-hydrogen) atoms. The second-order valence-corrected chi connectivity index (χ2v) is 6.13. The number of hydrogen-bond acceptors (Lipinski definition) is 3. The van der Waals surface area contributed by atoms with Gasteiger partial charge in [0.05, 0.1) is 4.90 Å². The third kappa shape index (κ3) is 8.58. The molecule has 1 rings (SSSR count). The van der Waals surface area contributed by atoms with E-state index in [1.54, 1.807) is 18.2 Å². The Balaban J connectivity index is 0.00000400. The molecule has 0 amide bonds. The van der Waals surface area contributed by atoms with Crippen molar-refractivity contribution < 1.29 is 22.9 Å². The Hall–Kier alpha value is -0.400. The van der Waals surface area contributed by atoms with Crippen molar-refractivity contribution >= 4 is 45.6 Å². The van der Waals surface area contributed by atoms with Crippen molar-refractivity contribution in [3.05, 3.63) is 29.8 Å². The Kier molecular flexibility index (Phi) is 10.1. The summed E-state index contributed by atoms with van der Waals surface area (Å²) in [7, 11) is -4.16. The van der Waals surface area contributed by atoms with Gasteiger partial charge in [0.25, 0.3) is 10.1 Å². The summed E-state index contributed by atoms with van der Waals surface area (Å²) in [4.78, 5) is 10.3. The zero-order chi connectivity index (χ0) is 15.0. The number of benzene rings is 1. The number of hydrogen-bond donors (Lipinski definition) is 2. The van der Waals surface area contributed by atoms with Crippen LogP contribution in [0.1, 0.15) is 44.1 Å². The van der Waals surface area contributed by atoms with Gasteiger partial charge in [0.15, 0.2) is 0 Å². The van der Waals surface area contributed by atoms with E-state index in [0.717, 1.165) is 25.7 Å². The summed E-state index contributed by atoms with van der Waals surface area (Å²) in [5.74, 6) is -0.771. The first kappa shape index (κ1) is 20.6. The van der Waals surface area contributed by atoms with Gasteiger partial charge in [-0.25, -0.2) is 0 Å². The Morgan fingerprint density at radius 1 is 1.00 bits per heavy atom. The zero-order valence-electron chi connectivity index (χ0n) is 11.3. The Morgan fingerprint density at radius 3 is 2.19 bits per heavy atom. The quantitative estimate of drug-likeness (QED) is 0.413. The maximum atomic E-state index is 11.2. The van der Waals surface area contributed by atoms with Gasteiger partial charge in [-0.2, -0.15) is 8.42 Å². The van der Waals surface area contributed by atoms with Crippen LogP contribution in [0.3, 0.4) is 0 Å². The van der Waals surface area contributed by atoms with Gasteiger partial charge >= 0.3 is 35.5 Å². The van der Waals surface area contributed by atoms with Crippen molar-refractivity contribution in [3.63, 3.8) is 0 Å².